The lowest BCUT2D eigenvalue weighted by Crippen LogP contribution is -2.35. The third-order valence-corrected chi connectivity index (χ3v) is 3.80. The van der Waals surface area contributed by atoms with Crippen molar-refractivity contribution in [3.05, 3.63) is 22.8 Å². The highest BCUT2D eigenvalue weighted by atomic mass is 35.5. The lowest BCUT2D eigenvalue weighted by atomic mass is 9.86. The zero-order chi connectivity index (χ0) is 16.9. The molecule has 23 heavy (non-hydrogen) atoms. The van der Waals surface area contributed by atoms with Crippen LogP contribution in [0.4, 0.5) is 13.2 Å². The Morgan fingerprint density at radius 2 is 2.22 bits per heavy atom. The highest BCUT2D eigenvalue weighted by Gasteiger charge is 2.31. The molecule has 0 saturated heterocycles. The third kappa shape index (κ3) is 5.46. The average Bonchev–Trinajstić information content (AvgIpc) is 2.42. The van der Waals surface area contributed by atoms with Crippen LogP contribution in [0.3, 0.4) is 0 Å². The largest absolute Gasteiger partial charge is 0.475 e. The molecule has 0 amide bonds. The number of hydrogen-bond donors (Lipinski definition) is 2. The molecule has 0 aliphatic heterocycles. The normalized spacial score (nSPS) is 16.1. The van der Waals surface area contributed by atoms with E-state index in [2.05, 4.69) is 15.3 Å². The number of nitrogens with two attached hydrogens (primary N) is 1. The second kappa shape index (κ2) is 7.72. The van der Waals surface area contributed by atoms with Crippen LogP contribution in [-0.4, -0.2) is 30.6 Å². The molecule has 0 unspecified atom stereocenters. The van der Waals surface area contributed by atoms with Crippen molar-refractivity contribution in [3.63, 3.8) is 0 Å². The summed E-state index contributed by atoms with van der Waals surface area (Å²) < 4.78 is 42.7. The van der Waals surface area contributed by atoms with E-state index in [4.69, 9.17) is 22.1 Å². The van der Waals surface area contributed by atoms with E-state index in [0.717, 1.165) is 6.07 Å². The van der Waals surface area contributed by atoms with Crippen LogP contribution in [0.15, 0.2) is 17.3 Å². The fourth-order valence-electron chi connectivity index (χ4n) is 1.97. The minimum Gasteiger partial charge on any atom is -0.475 e. The van der Waals surface area contributed by atoms with E-state index < -0.39 is 11.7 Å². The number of aromatic nitrogens is 1. The Hall–Kier alpha value is -1.70. The van der Waals surface area contributed by atoms with Gasteiger partial charge in [-0.15, -0.1) is 0 Å². The predicted molar refractivity (Wildman–Crippen MR) is 81.6 cm³/mol. The number of nitrogens with one attached hydrogen (secondary N) is 1. The molecule has 0 aromatic carbocycles. The predicted octanol–water partition coefficient (Wildman–Crippen LogP) is 2.84. The molecule has 1 heterocycles. The first-order valence-corrected chi connectivity index (χ1v) is 7.63. The van der Waals surface area contributed by atoms with Crippen molar-refractivity contribution in [1.82, 2.24) is 10.3 Å². The fraction of sp³-hybridized carbons (Fsp3) is 0.571. The van der Waals surface area contributed by atoms with E-state index >= 15 is 0 Å². The molecular weight excluding hydrogens is 333 g/mol. The van der Waals surface area contributed by atoms with E-state index in [0.29, 0.717) is 31.2 Å². The van der Waals surface area contributed by atoms with Crippen molar-refractivity contribution in [2.24, 2.45) is 16.6 Å². The lowest BCUT2D eigenvalue weighted by molar-refractivity contribution is -0.137. The first-order valence-electron chi connectivity index (χ1n) is 7.25. The van der Waals surface area contributed by atoms with Gasteiger partial charge in [0.25, 0.3) is 0 Å². The van der Waals surface area contributed by atoms with Gasteiger partial charge in [-0.05, 0) is 24.8 Å². The second-order valence-corrected chi connectivity index (χ2v) is 5.71. The van der Waals surface area contributed by atoms with Crippen molar-refractivity contribution in [1.29, 1.82) is 0 Å². The molecular formula is C14H18ClF3N4O. The molecule has 1 aliphatic carbocycles. The molecule has 128 valence electrons. The van der Waals surface area contributed by atoms with Gasteiger partial charge in [0.05, 0.1) is 12.1 Å². The Morgan fingerprint density at radius 3 is 2.78 bits per heavy atom. The molecule has 0 atom stereocenters. The Bertz CT molecular complexity index is 561. The highest BCUT2D eigenvalue weighted by molar-refractivity contribution is 6.31. The maximum Gasteiger partial charge on any atom is 0.417 e. The van der Waals surface area contributed by atoms with E-state index in [1.807, 2.05) is 0 Å². The molecule has 1 saturated carbocycles. The molecule has 2 rings (SSSR count). The summed E-state index contributed by atoms with van der Waals surface area (Å²) in [4.78, 5) is 7.78. The summed E-state index contributed by atoms with van der Waals surface area (Å²) in [6, 6.07) is 0.783. The molecule has 0 bridgehead atoms. The Balaban J connectivity index is 1.73. The van der Waals surface area contributed by atoms with Crippen molar-refractivity contribution in [3.8, 4) is 5.88 Å². The fourth-order valence-corrected chi connectivity index (χ4v) is 2.19. The first kappa shape index (κ1) is 17.7. The van der Waals surface area contributed by atoms with Gasteiger partial charge >= 0.3 is 6.18 Å². The molecule has 0 radical (unpaired) electrons. The minimum absolute atomic E-state index is 0.0496. The summed E-state index contributed by atoms with van der Waals surface area (Å²) in [7, 11) is 0. The number of pyridine rings is 1. The molecule has 0 spiro atoms. The van der Waals surface area contributed by atoms with Crippen molar-refractivity contribution in [2.45, 2.75) is 25.4 Å². The van der Waals surface area contributed by atoms with Gasteiger partial charge in [-0.2, -0.15) is 13.2 Å². The number of nitrogens with zero attached hydrogens (tertiary/aromatic N) is 2. The first-order chi connectivity index (χ1) is 10.9. The number of alkyl halides is 3. The molecule has 5 nitrogen and oxygen atoms in total. The van der Waals surface area contributed by atoms with Crippen LogP contribution in [0.2, 0.25) is 5.02 Å². The summed E-state index contributed by atoms with van der Waals surface area (Å²) in [5.74, 6) is 0.903. The summed E-state index contributed by atoms with van der Waals surface area (Å²) in [5, 5.41) is 2.67. The third-order valence-electron chi connectivity index (χ3n) is 3.53. The molecule has 1 fully saturated rings. The summed E-state index contributed by atoms with van der Waals surface area (Å²) >= 11 is 5.73. The number of guanidine groups is 1. The molecule has 1 aromatic heterocycles. The maximum absolute atomic E-state index is 12.5. The van der Waals surface area contributed by atoms with Crippen molar-refractivity contribution >= 4 is 17.6 Å². The number of aliphatic imine (C=N–C) groups is 1. The van der Waals surface area contributed by atoms with Gasteiger partial charge in [-0.25, -0.2) is 4.98 Å². The minimum atomic E-state index is -4.48. The van der Waals surface area contributed by atoms with Crippen LogP contribution in [0, 0.1) is 5.92 Å². The quantitative estimate of drug-likeness (QED) is 0.470. The summed E-state index contributed by atoms with van der Waals surface area (Å²) in [6.07, 6.45) is -0.163. The van der Waals surface area contributed by atoms with E-state index in [9.17, 15) is 13.2 Å². The van der Waals surface area contributed by atoms with Gasteiger partial charge < -0.3 is 15.8 Å². The monoisotopic (exact) mass is 350 g/mol. The maximum atomic E-state index is 12.5. The van der Waals surface area contributed by atoms with Crippen LogP contribution in [-0.2, 0) is 6.18 Å². The Labute approximate surface area is 137 Å². The Morgan fingerprint density at radius 1 is 1.48 bits per heavy atom. The van der Waals surface area contributed by atoms with Gasteiger partial charge in [-0.3, -0.25) is 4.99 Å². The van der Waals surface area contributed by atoms with Crippen molar-refractivity contribution < 1.29 is 17.9 Å². The standard InChI is InChI=1S/C14H18ClF3N4O/c15-11-6-10(14(16,17)18)8-21-12(11)23-5-4-20-13(19)22-7-9-2-1-3-9/h6,8-9H,1-5,7H2,(H3,19,20,22). The van der Waals surface area contributed by atoms with Crippen LogP contribution < -0.4 is 15.8 Å². The molecule has 1 aliphatic rings. The zero-order valence-corrected chi connectivity index (χ0v) is 13.1. The number of ether oxygens (including phenoxy) is 1. The summed E-state index contributed by atoms with van der Waals surface area (Å²) in [6.45, 7) is 1.21. The van der Waals surface area contributed by atoms with Gasteiger partial charge in [0.1, 0.15) is 11.6 Å². The lowest BCUT2D eigenvalue weighted by Gasteiger charge is -2.23. The van der Waals surface area contributed by atoms with Crippen LogP contribution in [0.5, 0.6) is 5.88 Å². The van der Waals surface area contributed by atoms with Crippen LogP contribution in [0.25, 0.3) is 0 Å². The van der Waals surface area contributed by atoms with E-state index in [1.165, 1.54) is 19.3 Å². The molecule has 3 N–H and O–H groups in total. The van der Waals surface area contributed by atoms with Gasteiger partial charge in [0, 0.05) is 12.7 Å². The van der Waals surface area contributed by atoms with Gasteiger partial charge in [0.15, 0.2) is 5.96 Å². The SMILES string of the molecule is NC(=NCC1CCC1)NCCOc1ncc(C(F)(F)F)cc1Cl. The van der Waals surface area contributed by atoms with Crippen LogP contribution in [0.1, 0.15) is 24.8 Å². The second-order valence-electron chi connectivity index (χ2n) is 5.31. The molecule has 9 heteroatoms. The molecule has 1 aromatic rings. The van der Waals surface area contributed by atoms with Crippen molar-refractivity contribution in [2.75, 3.05) is 19.7 Å². The van der Waals surface area contributed by atoms with Crippen LogP contribution >= 0.6 is 11.6 Å². The summed E-state index contributed by atoms with van der Waals surface area (Å²) in [5.41, 5.74) is 4.78. The average molecular weight is 351 g/mol. The highest BCUT2D eigenvalue weighted by Crippen LogP contribution is 2.33. The zero-order valence-electron chi connectivity index (χ0n) is 12.4. The smallest absolute Gasteiger partial charge is 0.417 e. The number of rotatable bonds is 6. The van der Waals surface area contributed by atoms with E-state index in [1.54, 1.807) is 0 Å². The van der Waals surface area contributed by atoms with Gasteiger partial charge in [-0.1, -0.05) is 18.0 Å². The Kier molecular flexibility index (Phi) is 5.92. The van der Waals surface area contributed by atoms with E-state index in [-0.39, 0.29) is 17.5 Å². The number of halogens is 4. The topological polar surface area (TPSA) is 72.5 Å². The number of hydrogen-bond acceptors (Lipinski definition) is 3. The van der Waals surface area contributed by atoms with Gasteiger partial charge in [0.2, 0.25) is 5.88 Å².